The molecule has 1 fully saturated rings. The largest absolute Gasteiger partial charge is 0.573 e. The van der Waals surface area contributed by atoms with Crippen molar-refractivity contribution in [2.45, 2.75) is 48.7 Å². The van der Waals surface area contributed by atoms with E-state index in [1.54, 1.807) is 12.1 Å². The molecule has 4 aromatic rings. The van der Waals surface area contributed by atoms with E-state index in [9.17, 15) is 27.3 Å². The summed E-state index contributed by atoms with van der Waals surface area (Å²) in [6, 6.07) is 16.0. The summed E-state index contributed by atoms with van der Waals surface area (Å²) in [5.41, 5.74) is 2.06. The minimum atomic E-state index is -4.86. The number of ether oxygens (including phenoxy) is 2. The summed E-state index contributed by atoms with van der Waals surface area (Å²) < 4.78 is 72.6. The third-order valence-electron chi connectivity index (χ3n) is 6.99. The van der Waals surface area contributed by atoms with Crippen molar-refractivity contribution in [2.75, 3.05) is 7.11 Å². The Labute approximate surface area is 222 Å². The fourth-order valence-corrected chi connectivity index (χ4v) is 6.63. The van der Waals surface area contributed by atoms with Gasteiger partial charge >= 0.3 is 12.3 Å². The van der Waals surface area contributed by atoms with Crippen molar-refractivity contribution in [1.29, 1.82) is 4.78 Å². The number of halogens is 3. The van der Waals surface area contributed by atoms with Crippen LogP contribution in [0.25, 0.3) is 21.8 Å². The Morgan fingerprint density at radius 1 is 1.05 bits per heavy atom. The van der Waals surface area contributed by atoms with E-state index >= 15 is 0 Å². The van der Waals surface area contributed by atoms with Gasteiger partial charge in [-0.05, 0) is 67.8 Å². The lowest BCUT2D eigenvalue weighted by atomic mass is 9.88. The predicted molar refractivity (Wildman–Crippen MR) is 139 cm³/mol. The highest BCUT2D eigenvalue weighted by molar-refractivity contribution is 7.90. The molecule has 1 heterocycles. The first kappa shape index (κ1) is 27.0. The first-order chi connectivity index (χ1) is 18.5. The number of aliphatic hydroxyl groups excluding tert-OH is 1. The number of aliphatic hydroxyl groups is 1. The Bertz CT molecular complexity index is 1630. The van der Waals surface area contributed by atoms with Gasteiger partial charge in [0, 0.05) is 27.8 Å². The monoisotopic (exact) mass is 561 g/mol. The van der Waals surface area contributed by atoms with Gasteiger partial charge in [0.2, 0.25) is 0 Å². The van der Waals surface area contributed by atoms with Crippen LogP contribution in [0.2, 0.25) is 0 Å². The highest BCUT2D eigenvalue weighted by atomic mass is 32.2. The molecule has 3 aromatic carbocycles. The fraction of sp³-hybridized carbons (Fsp3) is 0.296. The Balaban J connectivity index is 1.45. The molecular formula is C27H26F3N3O5S. The quantitative estimate of drug-likeness (QED) is 0.268. The van der Waals surface area contributed by atoms with Crippen molar-refractivity contribution >= 4 is 37.7 Å². The lowest BCUT2D eigenvalue weighted by Gasteiger charge is -2.37. The minimum Gasteiger partial charge on any atom is -0.465 e. The molecule has 5 rings (SSSR count). The number of hydrogen-bond donors (Lipinski definition) is 3. The molecule has 39 heavy (non-hydrogen) atoms. The number of alkyl halides is 3. The molecule has 1 saturated carbocycles. The molecule has 206 valence electrons. The van der Waals surface area contributed by atoms with Crippen molar-refractivity contribution in [3.05, 3.63) is 72.3 Å². The van der Waals surface area contributed by atoms with Crippen molar-refractivity contribution in [3.8, 4) is 5.75 Å². The first-order valence-corrected chi connectivity index (χ1v) is 13.8. The molecule has 1 aromatic heterocycles. The van der Waals surface area contributed by atoms with E-state index in [1.165, 1.54) is 7.11 Å². The van der Waals surface area contributed by atoms with E-state index in [1.807, 2.05) is 34.9 Å². The highest BCUT2D eigenvalue weighted by Crippen LogP contribution is 2.38. The normalized spacial score (nSPS) is 21.5. The summed E-state index contributed by atoms with van der Waals surface area (Å²) in [6.07, 6.45) is -4.16. The number of hydrogen-bond acceptors (Lipinski definition) is 6. The van der Waals surface area contributed by atoms with Gasteiger partial charge in [0.05, 0.1) is 29.7 Å². The van der Waals surface area contributed by atoms with E-state index in [-0.39, 0.29) is 4.90 Å². The third-order valence-corrected chi connectivity index (χ3v) is 8.56. The maximum Gasteiger partial charge on any atom is 0.573 e. The van der Waals surface area contributed by atoms with Crippen LogP contribution in [0, 0.1) is 4.78 Å². The van der Waals surface area contributed by atoms with Gasteiger partial charge in [-0.1, -0.05) is 18.2 Å². The highest BCUT2D eigenvalue weighted by Gasteiger charge is 2.36. The van der Waals surface area contributed by atoms with Crippen molar-refractivity contribution in [2.24, 2.45) is 0 Å². The lowest BCUT2D eigenvalue weighted by Crippen LogP contribution is -2.49. The van der Waals surface area contributed by atoms with Crippen LogP contribution in [0.4, 0.5) is 13.2 Å². The molecule has 4 atom stereocenters. The van der Waals surface area contributed by atoms with Gasteiger partial charge < -0.3 is 19.1 Å². The molecule has 0 radical (unpaired) electrons. The minimum absolute atomic E-state index is 0.0291. The number of rotatable bonds is 6. The van der Waals surface area contributed by atoms with Gasteiger partial charge in [-0.15, -0.1) is 13.2 Å². The van der Waals surface area contributed by atoms with Crippen LogP contribution in [0.3, 0.4) is 0 Å². The number of aromatic nitrogens is 1. The SMILES string of the molecule is COC(=O)c1ccc2c(c1)c1ccccc1n2C1CCCC(NS(=N)(=O)c2ccc(OC(F)(F)F)cc2)C1O. The zero-order chi connectivity index (χ0) is 27.9. The topological polar surface area (TPSA) is 114 Å². The van der Waals surface area contributed by atoms with E-state index in [4.69, 9.17) is 9.52 Å². The van der Waals surface area contributed by atoms with Crippen molar-refractivity contribution in [3.63, 3.8) is 0 Å². The number of nitrogens with one attached hydrogen (secondary N) is 2. The van der Waals surface area contributed by atoms with Gasteiger partial charge in [0.25, 0.3) is 0 Å². The van der Waals surface area contributed by atoms with Crippen molar-refractivity contribution < 1.29 is 36.8 Å². The van der Waals surface area contributed by atoms with E-state index in [0.29, 0.717) is 24.8 Å². The molecule has 0 spiro atoms. The Kier molecular flexibility index (Phi) is 7.04. The Hall–Kier alpha value is -3.61. The van der Waals surface area contributed by atoms with Crippen LogP contribution in [0.15, 0.2) is 71.6 Å². The number of benzene rings is 3. The van der Waals surface area contributed by atoms with E-state index in [0.717, 1.165) is 46.1 Å². The van der Waals surface area contributed by atoms with E-state index in [2.05, 4.69) is 9.46 Å². The van der Waals surface area contributed by atoms with Crippen LogP contribution in [-0.2, 0) is 14.7 Å². The molecular weight excluding hydrogens is 535 g/mol. The number of carbonyl (C=O) groups is 1. The Morgan fingerprint density at radius 2 is 1.74 bits per heavy atom. The first-order valence-electron chi connectivity index (χ1n) is 12.2. The molecule has 0 aliphatic heterocycles. The lowest BCUT2D eigenvalue weighted by molar-refractivity contribution is -0.274. The summed E-state index contributed by atoms with van der Waals surface area (Å²) in [7, 11) is -2.34. The second-order valence-electron chi connectivity index (χ2n) is 9.40. The maximum absolute atomic E-state index is 13.3. The van der Waals surface area contributed by atoms with Crippen molar-refractivity contribution in [1.82, 2.24) is 9.29 Å². The molecule has 4 unspecified atom stereocenters. The maximum atomic E-state index is 13.3. The second-order valence-corrected chi connectivity index (χ2v) is 11.2. The van der Waals surface area contributed by atoms with E-state index < -0.39 is 46.2 Å². The van der Waals surface area contributed by atoms with Gasteiger partial charge in [0.15, 0.2) is 0 Å². The van der Waals surface area contributed by atoms with Crippen LogP contribution in [0.5, 0.6) is 5.75 Å². The molecule has 0 saturated heterocycles. The third kappa shape index (κ3) is 5.32. The number of fused-ring (bicyclic) bond motifs is 3. The second kappa shape index (κ2) is 10.2. The van der Waals surface area contributed by atoms with Gasteiger partial charge in [-0.3, -0.25) is 0 Å². The number of para-hydroxylation sites is 1. The zero-order valence-corrected chi connectivity index (χ0v) is 21.6. The Morgan fingerprint density at radius 3 is 2.44 bits per heavy atom. The molecule has 1 aliphatic carbocycles. The summed E-state index contributed by atoms with van der Waals surface area (Å²) >= 11 is 0. The van der Waals surface area contributed by atoms with Gasteiger partial charge in [-0.25, -0.2) is 18.5 Å². The molecule has 1 aliphatic rings. The van der Waals surface area contributed by atoms with Gasteiger partial charge in [-0.2, -0.15) is 0 Å². The summed E-state index contributed by atoms with van der Waals surface area (Å²) in [4.78, 5) is 12.1. The van der Waals surface area contributed by atoms with Gasteiger partial charge in [0.1, 0.15) is 15.7 Å². The standard InChI is InChI=1S/C27H26F3N3O5S/c1-37-26(35)16-9-14-23-20(15-16)19-5-2-3-7-22(19)33(23)24-8-4-6-21(25(24)34)32-39(31,36)18-12-10-17(11-13-18)38-27(28,29)30/h2-3,5,7,9-15,21,24-25,34H,4,6,8H2,1H3,(H2,31,32,36). The number of methoxy groups -OCH3 is 1. The smallest absolute Gasteiger partial charge is 0.465 e. The number of carbonyl (C=O) groups excluding carboxylic acids is 1. The molecule has 0 amide bonds. The summed E-state index contributed by atoms with van der Waals surface area (Å²) in [5.74, 6) is -0.945. The molecule has 0 bridgehead atoms. The number of nitrogens with zero attached hydrogens (tertiary/aromatic N) is 1. The summed E-state index contributed by atoms with van der Waals surface area (Å²) in [6.45, 7) is 0. The van der Waals surface area contributed by atoms with Crippen LogP contribution < -0.4 is 9.46 Å². The predicted octanol–water partition coefficient (Wildman–Crippen LogP) is 5.54. The fourth-order valence-electron chi connectivity index (χ4n) is 5.29. The average Bonchev–Trinajstić information content (AvgIpc) is 3.22. The molecule has 8 nitrogen and oxygen atoms in total. The van der Waals surface area contributed by atoms with Crippen LogP contribution in [-0.4, -0.2) is 45.5 Å². The van der Waals surface area contributed by atoms with Crippen LogP contribution in [0.1, 0.15) is 35.7 Å². The molecule has 12 heteroatoms. The van der Waals surface area contributed by atoms with Crippen LogP contribution >= 0.6 is 0 Å². The number of esters is 1. The summed E-state index contributed by atoms with van der Waals surface area (Å²) in [5, 5.41) is 13.2. The average molecular weight is 562 g/mol. The zero-order valence-electron chi connectivity index (χ0n) is 20.8. The molecule has 3 N–H and O–H groups in total.